The molecule has 0 spiro atoms. The molecule has 0 radical (unpaired) electrons. The molecule has 0 unspecified atom stereocenters. The normalized spacial score (nSPS) is 10.8. The topological polar surface area (TPSA) is 25.8 Å². The third kappa shape index (κ3) is 3.68. The van der Waals surface area contributed by atoms with Crippen LogP contribution in [0.2, 0.25) is 0 Å². The van der Waals surface area contributed by atoms with E-state index in [4.69, 9.17) is 0 Å². The molecule has 3 heteroatoms. The Kier molecular flexibility index (Phi) is 5.00. The number of hydrogen-bond acceptors (Lipinski definition) is 3. The zero-order valence-electron chi connectivity index (χ0n) is 14.6. The van der Waals surface area contributed by atoms with Crippen LogP contribution in [-0.4, -0.2) is 10.2 Å². The van der Waals surface area contributed by atoms with E-state index in [-0.39, 0.29) is 0 Å². The zero-order valence-corrected chi connectivity index (χ0v) is 15.4. The first kappa shape index (κ1) is 16.7. The summed E-state index contributed by atoms with van der Waals surface area (Å²) in [5.41, 5.74) is 8.62. The number of hydrogen-bond donors (Lipinski definition) is 0. The van der Waals surface area contributed by atoms with Gasteiger partial charge in [0, 0.05) is 11.3 Å². The van der Waals surface area contributed by atoms with Crippen molar-refractivity contribution in [1.29, 1.82) is 0 Å². The Hall–Kier alpha value is -2.13. The Bertz CT molecular complexity index is 854. The summed E-state index contributed by atoms with van der Waals surface area (Å²) in [6.45, 7) is 8.55. The maximum Gasteiger partial charge on any atom is 0.119 e. The van der Waals surface area contributed by atoms with Gasteiger partial charge < -0.3 is 0 Å². The highest BCUT2D eigenvalue weighted by molar-refractivity contribution is 7.98. The van der Waals surface area contributed by atoms with Crippen LogP contribution in [0.4, 0.5) is 0 Å². The summed E-state index contributed by atoms with van der Waals surface area (Å²) in [4.78, 5) is 0. The largest absolute Gasteiger partial charge is 0.149 e. The van der Waals surface area contributed by atoms with Crippen LogP contribution in [0.25, 0.3) is 11.3 Å². The molecule has 0 atom stereocenters. The highest BCUT2D eigenvalue weighted by Gasteiger charge is 2.07. The SMILES string of the molecule is Cc1cc(C)c(-c2ccc(SCc3ccccc3C)nn2)cc1C. The van der Waals surface area contributed by atoms with Gasteiger partial charge in [-0.3, -0.25) is 0 Å². The van der Waals surface area contributed by atoms with Gasteiger partial charge in [0.1, 0.15) is 5.03 Å². The van der Waals surface area contributed by atoms with Gasteiger partial charge in [-0.2, -0.15) is 0 Å². The Morgan fingerprint density at radius 2 is 1.50 bits per heavy atom. The molecule has 0 aliphatic carbocycles. The highest BCUT2D eigenvalue weighted by atomic mass is 32.2. The molecule has 0 aliphatic heterocycles. The summed E-state index contributed by atoms with van der Waals surface area (Å²) in [6, 6.07) is 17.0. The van der Waals surface area contributed by atoms with E-state index in [1.54, 1.807) is 11.8 Å². The van der Waals surface area contributed by atoms with Gasteiger partial charge in [-0.25, -0.2) is 0 Å². The summed E-state index contributed by atoms with van der Waals surface area (Å²) in [5.74, 6) is 0.920. The van der Waals surface area contributed by atoms with Crippen LogP contribution >= 0.6 is 11.8 Å². The molecule has 0 bridgehead atoms. The van der Waals surface area contributed by atoms with Crippen LogP contribution in [0.5, 0.6) is 0 Å². The molecule has 0 saturated heterocycles. The molecule has 2 nitrogen and oxygen atoms in total. The molecule has 0 saturated carbocycles. The molecule has 122 valence electrons. The number of aryl methyl sites for hydroxylation is 4. The molecule has 1 aromatic heterocycles. The van der Waals surface area contributed by atoms with E-state index >= 15 is 0 Å². The van der Waals surface area contributed by atoms with Gasteiger partial charge in [0.05, 0.1) is 5.69 Å². The molecule has 0 fully saturated rings. The minimum absolute atomic E-state index is 0.920. The van der Waals surface area contributed by atoms with Crippen molar-refractivity contribution in [1.82, 2.24) is 10.2 Å². The second-order valence-corrected chi connectivity index (χ2v) is 7.22. The van der Waals surface area contributed by atoms with Crippen LogP contribution in [-0.2, 0) is 5.75 Å². The third-order valence-corrected chi connectivity index (χ3v) is 5.36. The van der Waals surface area contributed by atoms with Gasteiger partial charge in [0.25, 0.3) is 0 Å². The van der Waals surface area contributed by atoms with Crippen molar-refractivity contribution >= 4 is 11.8 Å². The van der Waals surface area contributed by atoms with Gasteiger partial charge in [0.2, 0.25) is 0 Å². The molecule has 2 aromatic carbocycles. The van der Waals surface area contributed by atoms with Gasteiger partial charge in [-0.15, -0.1) is 10.2 Å². The average Bonchev–Trinajstić information content (AvgIpc) is 2.58. The maximum atomic E-state index is 4.44. The second kappa shape index (κ2) is 7.18. The average molecular weight is 334 g/mol. The van der Waals surface area contributed by atoms with Crippen molar-refractivity contribution in [2.24, 2.45) is 0 Å². The van der Waals surface area contributed by atoms with Crippen molar-refractivity contribution in [2.45, 2.75) is 38.5 Å². The van der Waals surface area contributed by atoms with E-state index in [1.807, 2.05) is 0 Å². The first-order valence-electron chi connectivity index (χ1n) is 8.14. The molecule has 0 N–H and O–H groups in total. The number of benzene rings is 2. The van der Waals surface area contributed by atoms with Gasteiger partial charge in [0.15, 0.2) is 0 Å². The first-order chi connectivity index (χ1) is 11.5. The van der Waals surface area contributed by atoms with Crippen molar-refractivity contribution in [3.63, 3.8) is 0 Å². The van der Waals surface area contributed by atoms with Crippen LogP contribution < -0.4 is 0 Å². The molecule has 3 aromatic rings. The first-order valence-corrected chi connectivity index (χ1v) is 9.12. The lowest BCUT2D eigenvalue weighted by Crippen LogP contribution is -1.94. The van der Waals surface area contributed by atoms with Crippen molar-refractivity contribution in [3.05, 3.63) is 76.3 Å². The molecule has 1 heterocycles. The summed E-state index contributed by atoms with van der Waals surface area (Å²) < 4.78 is 0. The molecule has 3 rings (SSSR count). The molecular weight excluding hydrogens is 312 g/mol. The Morgan fingerprint density at radius 1 is 0.750 bits per heavy atom. The summed E-state index contributed by atoms with van der Waals surface area (Å²) in [5, 5.41) is 9.81. The van der Waals surface area contributed by atoms with Crippen LogP contribution in [0.15, 0.2) is 53.6 Å². The quantitative estimate of drug-likeness (QED) is 0.575. The van der Waals surface area contributed by atoms with Crippen molar-refractivity contribution < 1.29 is 0 Å². The fourth-order valence-electron chi connectivity index (χ4n) is 2.70. The smallest absolute Gasteiger partial charge is 0.119 e. The van der Waals surface area contributed by atoms with Crippen LogP contribution in [0, 0.1) is 27.7 Å². The van der Waals surface area contributed by atoms with Gasteiger partial charge in [-0.05, 0) is 73.7 Å². The fourth-order valence-corrected chi connectivity index (χ4v) is 3.59. The molecule has 24 heavy (non-hydrogen) atoms. The zero-order chi connectivity index (χ0) is 17.1. The van der Waals surface area contributed by atoms with E-state index in [0.29, 0.717) is 0 Å². The number of nitrogens with zero attached hydrogens (tertiary/aromatic N) is 2. The number of rotatable bonds is 4. The molecular formula is C21H22N2S. The lowest BCUT2D eigenvalue weighted by atomic mass is 9.99. The van der Waals surface area contributed by atoms with E-state index in [1.165, 1.54) is 33.4 Å². The summed E-state index contributed by atoms with van der Waals surface area (Å²) >= 11 is 1.73. The fraction of sp³-hybridized carbons (Fsp3) is 0.238. The van der Waals surface area contributed by atoms with Gasteiger partial charge >= 0.3 is 0 Å². The Labute approximate surface area is 148 Å². The van der Waals surface area contributed by atoms with E-state index in [9.17, 15) is 0 Å². The number of thioether (sulfide) groups is 1. The van der Waals surface area contributed by atoms with Crippen molar-refractivity contribution in [2.75, 3.05) is 0 Å². The van der Waals surface area contributed by atoms with E-state index < -0.39 is 0 Å². The maximum absolute atomic E-state index is 4.44. The third-order valence-electron chi connectivity index (χ3n) is 4.39. The molecule has 0 amide bonds. The lowest BCUT2D eigenvalue weighted by molar-refractivity contribution is 0.934. The second-order valence-electron chi connectivity index (χ2n) is 6.22. The standard InChI is InChI=1S/C21H22N2S/c1-14-7-5-6-8-18(14)13-24-21-10-9-20(22-23-21)19-12-16(3)15(2)11-17(19)4/h5-12H,13H2,1-4H3. The summed E-state index contributed by atoms with van der Waals surface area (Å²) in [7, 11) is 0. The van der Waals surface area contributed by atoms with E-state index in [2.05, 4.69) is 86.4 Å². The molecule has 0 aliphatic rings. The van der Waals surface area contributed by atoms with Gasteiger partial charge in [-0.1, -0.05) is 42.1 Å². The Balaban J connectivity index is 1.76. The van der Waals surface area contributed by atoms with Crippen LogP contribution in [0.1, 0.15) is 27.8 Å². The predicted octanol–water partition coefficient (Wildman–Crippen LogP) is 5.67. The highest BCUT2D eigenvalue weighted by Crippen LogP contribution is 2.27. The predicted molar refractivity (Wildman–Crippen MR) is 102 cm³/mol. The minimum Gasteiger partial charge on any atom is -0.149 e. The number of aromatic nitrogens is 2. The lowest BCUT2D eigenvalue weighted by Gasteiger charge is -2.09. The monoisotopic (exact) mass is 334 g/mol. The Morgan fingerprint density at radius 3 is 2.21 bits per heavy atom. The summed E-state index contributed by atoms with van der Waals surface area (Å²) in [6.07, 6.45) is 0. The van der Waals surface area contributed by atoms with E-state index in [0.717, 1.165) is 16.5 Å². The van der Waals surface area contributed by atoms with Crippen LogP contribution in [0.3, 0.4) is 0 Å². The van der Waals surface area contributed by atoms with Crippen molar-refractivity contribution in [3.8, 4) is 11.3 Å². The minimum atomic E-state index is 0.920.